The summed E-state index contributed by atoms with van der Waals surface area (Å²) in [4.78, 5) is 13.3. The second-order valence-corrected chi connectivity index (χ2v) is 11.4. The SMILES string of the molecule is CSC1O[C@H]([C@H](NC(=O)[C@H]2NC[C@@H]3C[C@@H](CC(C)C)CCO[C@H]32)C(C)C)C(O)C(O)[C@H]1O. The number of hydrogen-bond donors (Lipinski definition) is 5. The average Bonchev–Trinajstić information content (AvgIpc) is 3.02. The summed E-state index contributed by atoms with van der Waals surface area (Å²) in [5.74, 6) is 1.36. The number of aliphatic hydroxyl groups excluding tert-OH is 3. The molecule has 0 aromatic rings. The van der Waals surface area contributed by atoms with Crippen molar-refractivity contribution in [2.45, 2.75) is 95.0 Å². The number of ether oxygens (including phenoxy) is 2. The van der Waals surface area contributed by atoms with Crippen LogP contribution in [-0.4, -0.2) is 88.7 Å². The van der Waals surface area contributed by atoms with E-state index in [-0.39, 0.29) is 17.9 Å². The van der Waals surface area contributed by atoms with Crippen LogP contribution in [0.3, 0.4) is 0 Å². The highest BCUT2D eigenvalue weighted by atomic mass is 32.2. The zero-order valence-electron chi connectivity index (χ0n) is 19.9. The second kappa shape index (κ2) is 11.3. The minimum atomic E-state index is -1.33. The van der Waals surface area contributed by atoms with Gasteiger partial charge in [-0.1, -0.05) is 27.7 Å². The van der Waals surface area contributed by atoms with Gasteiger partial charge in [0.2, 0.25) is 5.91 Å². The van der Waals surface area contributed by atoms with E-state index < -0.39 is 41.9 Å². The molecule has 0 aromatic carbocycles. The molecule has 3 rings (SSSR count). The van der Waals surface area contributed by atoms with E-state index in [1.54, 1.807) is 6.26 Å². The molecule has 3 heterocycles. The Balaban J connectivity index is 1.68. The molecule has 0 saturated carbocycles. The zero-order valence-corrected chi connectivity index (χ0v) is 20.8. The number of thioether (sulfide) groups is 1. The molecule has 32 heavy (non-hydrogen) atoms. The Morgan fingerprint density at radius 2 is 1.88 bits per heavy atom. The number of hydrogen-bond acceptors (Lipinski definition) is 8. The van der Waals surface area contributed by atoms with Gasteiger partial charge in [0.1, 0.15) is 35.9 Å². The Hall–Kier alpha value is -0.420. The standard InChI is InChI=1S/C23H42N2O6S/c1-11(2)8-13-6-7-30-20-14(9-13)10-24-16(20)22(29)25-15(12(3)4)21-18(27)17(26)19(28)23(31-21)32-5/h11-21,23-24,26-28H,6-10H2,1-5H3,(H,25,29)/t13-,14+,15-,16+,17?,18?,19-,20-,21-,23?/m1/s1. The fourth-order valence-corrected chi connectivity index (χ4v) is 6.20. The van der Waals surface area contributed by atoms with Crippen LogP contribution in [0.25, 0.3) is 0 Å². The van der Waals surface area contributed by atoms with Crippen molar-refractivity contribution in [3.05, 3.63) is 0 Å². The molecule has 9 heteroatoms. The van der Waals surface area contributed by atoms with Gasteiger partial charge in [-0.2, -0.15) is 0 Å². The van der Waals surface area contributed by atoms with E-state index in [2.05, 4.69) is 24.5 Å². The van der Waals surface area contributed by atoms with Crippen LogP contribution in [0.5, 0.6) is 0 Å². The fourth-order valence-electron chi connectivity index (χ4n) is 5.52. The summed E-state index contributed by atoms with van der Waals surface area (Å²) in [7, 11) is 0. The number of amides is 1. The largest absolute Gasteiger partial charge is 0.388 e. The summed E-state index contributed by atoms with van der Waals surface area (Å²) in [5, 5.41) is 37.5. The molecule has 0 aliphatic carbocycles. The van der Waals surface area contributed by atoms with E-state index in [1.807, 2.05) is 13.8 Å². The quantitative estimate of drug-likeness (QED) is 0.366. The van der Waals surface area contributed by atoms with Crippen molar-refractivity contribution in [1.82, 2.24) is 10.6 Å². The summed E-state index contributed by atoms with van der Waals surface area (Å²) in [6, 6.07) is -0.971. The third-order valence-corrected chi connectivity index (χ3v) is 8.03. The first-order valence-corrected chi connectivity index (χ1v) is 13.3. The van der Waals surface area contributed by atoms with Gasteiger partial charge in [-0.15, -0.1) is 11.8 Å². The predicted octanol–water partition coefficient (Wildman–Crippen LogP) is 0.727. The van der Waals surface area contributed by atoms with Gasteiger partial charge in [-0.3, -0.25) is 4.79 Å². The van der Waals surface area contributed by atoms with E-state index >= 15 is 0 Å². The van der Waals surface area contributed by atoms with E-state index in [9.17, 15) is 20.1 Å². The third kappa shape index (κ3) is 5.79. The maximum absolute atomic E-state index is 13.3. The highest BCUT2D eigenvalue weighted by Gasteiger charge is 2.49. The fraction of sp³-hybridized carbons (Fsp3) is 0.957. The highest BCUT2D eigenvalue weighted by molar-refractivity contribution is 7.99. The molecule has 8 nitrogen and oxygen atoms in total. The Kier molecular flexibility index (Phi) is 9.28. The van der Waals surface area contributed by atoms with Crippen molar-refractivity contribution >= 4 is 17.7 Å². The number of rotatable bonds is 7. The Morgan fingerprint density at radius 1 is 1.16 bits per heavy atom. The molecule has 1 amide bonds. The molecule has 3 fully saturated rings. The summed E-state index contributed by atoms with van der Waals surface area (Å²) in [5.41, 5.74) is -0.673. The predicted molar refractivity (Wildman–Crippen MR) is 124 cm³/mol. The maximum Gasteiger partial charge on any atom is 0.240 e. The van der Waals surface area contributed by atoms with Crippen molar-refractivity contribution in [2.75, 3.05) is 19.4 Å². The second-order valence-electron chi connectivity index (χ2n) is 10.5. The van der Waals surface area contributed by atoms with Crippen LogP contribution in [0.2, 0.25) is 0 Å². The maximum atomic E-state index is 13.3. The van der Waals surface area contributed by atoms with Crippen LogP contribution >= 0.6 is 11.8 Å². The average molecular weight is 475 g/mol. The minimum absolute atomic E-state index is 0.0498. The van der Waals surface area contributed by atoms with Crippen molar-refractivity contribution in [1.29, 1.82) is 0 Å². The van der Waals surface area contributed by atoms with Crippen LogP contribution in [0, 0.1) is 23.7 Å². The molecule has 0 spiro atoms. The number of nitrogens with one attached hydrogen (secondary N) is 2. The Bertz CT molecular complexity index is 621. The molecular weight excluding hydrogens is 432 g/mol. The lowest BCUT2D eigenvalue weighted by atomic mass is 9.85. The van der Waals surface area contributed by atoms with Gasteiger partial charge in [0.15, 0.2) is 0 Å². The number of carbonyl (C=O) groups is 1. The summed E-state index contributed by atoms with van der Waals surface area (Å²) >= 11 is 1.27. The molecule has 186 valence electrons. The topological polar surface area (TPSA) is 120 Å². The normalized spacial score (nSPS) is 41.4. The van der Waals surface area contributed by atoms with Crippen molar-refractivity contribution < 1.29 is 29.6 Å². The molecule has 3 saturated heterocycles. The first-order valence-electron chi connectivity index (χ1n) is 12.0. The minimum Gasteiger partial charge on any atom is -0.388 e. The molecular formula is C23H42N2O6S. The number of aliphatic hydroxyl groups is 3. The number of carbonyl (C=O) groups excluding carboxylic acids is 1. The van der Waals surface area contributed by atoms with Crippen LogP contribution in [0.1, 0.15) is 47.0 Å². The highest BCUT2D eigenvalue weighted by Crippen LogP contribution is 2.34. The van der Waals surface area contributed by atoms with Crippen LogP contribution in [0.15, 0.2) is 0 Å². The lowest BCUT2D eigenvalue weighted by molar-refractivity contribution is -0.208. The van der Waals surface area contributed by atoms with E-state index in [4.69, 9.17) is 9.47 Å². The molecule has 3 aliphatic rings. The molecule has 3 aliphatic heterocycles. The molecule has 5 N–H and O–H groups in total. The van der Waals surface area contributed by atoms with E-state index in [1.165, 1.54) is 18.2 Å². The summed E-state index contributed by atoms with van der Waals surface area (Å²) in [6.45, 7) is 9.80. The van der Waals surface area contributed by atoms with Gasteiger partial charge in [0, 0.05) is 13.2 Å². The first-order chi connectivity index (χ1) is 15.1. The first kappa shape index (κ1) is 26.2. The molecule has 0 aromatic heterocycles. The van der Waals surface area contributed by atoms with Crippen LogP contribution in [0.4, 0.5) is 0 Å². The van der Waals surface area contributed by atoms with Gasteiger partial charge >= 0.3 is 0 Å². The van der Waals surface area contributed by atoms with E-state index in [0.717, 1.165) is 19.4 Å². The summed E-state index contributed by atoms with van der Waals surface area (Å²) < 4.78 is 12.1. The Labute approximate surface area is 196 Å². The lowest BCUT2D eigenvalue weighted by Crippen LogP contribution is -2.65. The molecule has 10 atom stereocenters. The van der Waals surface area contributed by atoms with Gasteiger partial charge in [0.25, 0.3) is 0 Å². The molecule has 3 unspecified atom stereocenters. The van der Waals surface area contributed by atoms with Gasteiger partial charge in [-0.25, -0.2) is 0 Å². The number of fused-ring (bicyclic) bond motifs is 1. The molecule has 0 radical (unpaired) electrons. The zero-order chi connectivity index (χ0) is 23.6. The monoisotopic (exact) mass is 474 g/mol. The van der Waals surface area contributed by atoms with Gasteiger partial charge < -0.3 is 35.4 Å². The van der Waals surface area contributed by atoms with Crippen molar-refractivity contribution in [3.8, 4) is 0 Å². The van der Waals surface area contributed by atoms with E-state index in [0.29, 0.717) is 24.4 Å². The van der Waals surface area contributed by atoms with Gasteiger partial charge in [-0.05, 0) is 49.2 Å². The van der Waals surface area contributed by atoms with Gasteiger partial charge in [0.05, 0.1) is 12.1 Å². The Morgan fingerprint density at radius 3 is 2.50 bits per heavy atom. The van der Waals surface area contributed by atoms with Crippen molar-refractivity contribution in [3.63, 3.8) is 0 Å². The van der Waals surface area contributed by atoms with Crippen LogP contribution < -0.4 is 10.6 Å². The molecule has 0 bridgehead atoms. The lowest BCUT2D eigenvalue weighted by Gasteiger charge is -2.44. The summed E-state index contributed by atoms with van der Waals surface area (Å²) in [6.07, 6.45) is 0.259. The van der Waals surface area contributed by atoms with Crippen LogP contribution in [-0.2, 0) is 14.3 Å². The third-order valence-electron chi connectivity index (χ3n) is 7.17. The van der Waals surface area contributed by atoms with Crippen molar-refractivity contribution in [2.24, 2.45) is 23.7 Å². The smallest absolute Gasteiger partial charge is 0.240 e.